The number of hydrogen-bond donors (Lipinski definition) is 1. The Morgan fingerprint density at radius 1 is 1.05 bits per heavy atom. The van der Waals surface area contributed by atoms with Crippen LogP contribution in [0, 0.1) is 0 Å². The van der Waals surface area contributed by atoms with Crippen molar-refractivity contribution in [3.05, 3.63) is 47.7 Å². The van der Waals surface area contributed by atoms with Gasteiger partial charge in [0.1, 0.15) is 5.82 Å². The van der Waals surface area contributed by atoms with Gasteiger partial charge < -0.3 is 5.32 Å². The van der Waals surface area contributed by atoms with Crippen molar-refractivity contribution >= 4 is 5.82 Å². The monoisotopic (exact) mass is 256 g/mol. The van der Waals surface area contributed by atoms with Gasteiger partial charge in [0.25, 0.3) is 0 Å². The number of hydrogen-bond acceptors (Lipinski definition) is 4. The summed E-state index contributed by atoms with van der Waals surface area (Å²) in [7, 11) is 0. The number of anilines is 1. The second kappa shape index (κ2) is 6.83. The van der Waals surface area contributed by atoms with E-state index < -0.39 is 0 Å². The highest BCUT2D eigenvalue weighted by Gasteiger charge is 2.06. The zero-order chi connectivity index (χ0) is 13.5. The fourth-order valence-corrected chi connectivity index (χ4v) is 1.83. The number of pyridine rings is 1. The Kier molecular flexibility index (Phi) is 4.84. The highest BCUT2D eigenvalue weighted by atomic mass is 15.0. The van der Waals surface area contributed by atoms with E-state index in [1.165, 1.54) is 5.56 Å². The molecule has 0 saturated heterocycles. The van der Waals surface area contributed by atoms with Gasteiger partial charge in [-0.15, -0.1) is 0 Å². The van der Waals surface area contributed by atoms with Crippen molar-refractivity contribution in [3.8, 4) is 0 Å². The molecule has 0 bridgehead atoms. The molecule has 19 heavy (non-hydrogen) atoms. The number of nitrogens with zero attached hydrogens (tertiary/aromatic N) is 3. The second-order valence-electron chi connectivity index (χ2n) is 4.47. The van der Waals surface area contributed by atoms with E-state index in [-0.39, 0.29) is 0 Å². The first-order chi connectivity index (χ1) is 9.33. The Bertz CT molecular complexity index is 508. The third kappa shape index (κ3) is 3.74. The largest absolute Gasteiger partial charge is 0.369 e. The lowest BCUT2D eigenvalue weighted by Gasteiger charge is -2.08. The van der Waals surface area contributed by atoms with Gasteiger partial charge in [-0.25, -0.2) is 4.98 Å². The van der Waals surface area contributed by atoms with Gasteiger partial charge in [-0.2, -0.15) is 0 Å². The van der Waals surface area contributed by atoms with Crippen molar-refractivity contribution in [3.63, 3.8) is 0 Å². The molecule has 2 rings (SSSR count). The van der Waals surface area contributed by atoms with Gasteiger partial charge in [0, 0.05) is 37.3 Å². The fraction of sp³-hybridized carbons (Fsp3) is 0.400. The van der Waals surface area contributed by atoms with Crippen LogP contribution in [0.1, 0.15) is 37.2 Å². The van der Waals surface area contributed by atoms with Crippen LogP contribution in [0.25, 0.3) is 0 Å². The van der Waals surface area contributed by atoms with Crippen LogP contribution in [-0.4, -0.2) is 21.5 Å². The predicted molar refractivity (Wildman–Crippen MR) is 77.2 cm³/mol. The molecule has 1 N–H and O–H groups in total. The van der Waals surface area contributed by atoms with Crippen LogP contribution in [0.5, 0.6) is 0 Å². The maximum Gasteiger partial charge on any atom is 0.148 e. The minimum absolute atomic E-state index is 0.712. The number of aromatic nitrogens is 3. The van der Waals surface area contributed by atoms with Gasteiger partial charge in [0.15, 0.2) is 0 Å². The van der Waals surface area contributed by atoms with Crippen molar-refractivity contribution in [1.29, 1.82) is 0 Å². The summed E-state index contributed by atoms with van der Waals surface area (Å²) in [5.74, 6) is 0.866. The molecule has 4 nitrogen and oxygen atoms in total. The Hall–Kier alpha value is -1.97. The van der Waals surface area contributed by atoms with E-state index in [4.69, 9.17) is 0 Å². The molecule has 2 aromatic rings. The summed E-state index contributed by atoms with van der Waals surface area (Å²) in [6.45, 7) is 5.17. The Balaban J connectivity index is 2.12. The molecule has 0 aliphatic heterocycles. The van der Waals surface area contributed by atoms with Crippen molar-refractivity contribution in [2.24, 2.45) is 0 Å². The van der Waals surface area contributed by atoms with Gasteiger partial charge >= 0.3 is 0 Å². The summed E-state index contributed by atoms with van der Waals surface area (Å²) >= 11 is 0. The standard InChI is InChI=1S/C15H20N4/c1-3-7-17-15-14(16-8-9-18-15)10-13-6-5-12(4-2)11-19-13/h5-6,8-9,11H,3-4,7,10H2,1-2H3,(H,17,18). The molecule has 100 valence electrons. The van der Waals surface area contributed by atoms with Gasteiger partial charge in [0.05, 0.1) is 5.69 Å². The normalized spacial score (nSPS) is 10.4. The predicted octanol–water partition coefficient (Wildman–Crippen LogP) is 2.85. The molecule has 2 heterocycles. The van der Waals surface area contributed by atoms with Crippen LogP contribution in [0.4, 0.5) is 5.82 Å². The van der Waals surface area contributed by atoms with E-state index in [2.05, 4.69) is 46.2 Å². The van der Waals surface area contributed by atoms with E-state index in [1.807, 2.05) is 6.20 Å². The molecule has 0 fully saturated rings. The van der Waals surface area contributed by atoms with Crippen LogP contribution in [-0.2, 0) is 12.8 Å². The lowest BCUT2D eigenvalue weighted by Crippen LogP contribution is -2.07. The average molecular weight is 256 g/mol. The van der Waals surface area contributed by atoms with Gasteiger partial charge in [0.2, 0.25) is 0 Å². The number of aryl methyl sites for hydroxylation is 1. The topological polar surface area (TPSA) is 50.7 Å². The molecule has 0 aromatic carbocycles. The van der Waals surface area contributed by atoms with E-state index in [0.29, 0.717) is 6.42 Å². The van der Waals surface area contributed by atoms with E-state index in [1.54, 1.807) is 12.4 Å². The van der Waals surface area contributed by atoms with Crippen molar-refractivity contribution in [2.45, 2.75) is 33.1 Å². The SMILES string of the molecule is CCCNc1nccnc1Cc1ccc(CC)cn1. The van der Waals surface area contributed by atoms with Crippen LogP contribution >= 0.6 is 0 Å². The maximum absolute atomic E-state index is 4.47. The van der Waals surface area contributed by atoms with Crippen LogP contribution in [0.15, 0.2) is 30.7 Å². The summed E-state index contributed by atoms with van der Waals surface area (Å²) in [6, 6.07) is 4.19. The molecule has 0 saturated carbocycles. The lowest BCUT2D eigenvalue weighted by atomic mass is 10.1. The third-order valence-electron chi connectivity index (χ3n) is 2.96. The third-order valence-corrected chi connectivity index (χ3v) is 2.96. The van der Waals surface area contributed by atoms with Crippen LogP contribution < -0.4 is 5.32 Å². The first-order valence-corrected chi connectivity index (χ1v) is 6.81. The smallest absolute Gasteiger partial charge is 0.148 e. The zero-order valence-electron chi connectivity index (χ0n) is 11.6. The van der Waals surface area contributed by atoms with Gasteiger partial charge in [-0.05, 0) is 24.5 Å². The molecule has 0 unspecified atom stereocenters. The van der Waals surface area contributed by atoms with E-state index in [9.17, 15) is 0 Å². The summed E-state index contributed by atoms with van der Waals surface area (Å²) in [6.07, 6.45) is 8.18. The van der Waals surface area contributed by atoms with E-state index in [0.717, 1.165) is 36.6 Å². The first kappa shape index (κ1) is 13.5. The second-order valence-corrected chi connectivity index (χ2v) is 4.47. The minimum Gasteiger partial charge on any atom is -0.369 e. The Morgan fingerprint density at radius 2 is 1.89 bits per heavy atom. The Labute approximate surface area is 114 Å². The van der Waals surface area contributed by atoms with Crippen LogP contribution in [0.3, 0.4) is 0 Å². The molecule has 0 radical (unpaired) electrons. The Morgan fingerprint density at radius 3 is 2.58 bits per heavy atom. The van der Waals surface area contributed by atoms with Crippen LogP contribution in [0.2, 0.25) is 0 Å². The maximum atomic E-state index is 4.47. The molecule has 0 aliphatic carbocycles. The fourth-order valence-electron chi connectivity index (χ4n) is 1.83. The highest BCUT2D eigenvalue weighted by molar-refractivity contribution is 5.41. The molecule has 0 spiro atoms. The molecular formula is C15H20N4. The number of rotatable bonds is 6. The molecular weight excluding hydrogens is 236 g/mol. The van der Waals surface area contributed by atoms with Gasteiger partial charge in [-0.3, -0.25) is 9.97 Å². The van der Waals surface area contributed by atoms with Crippen molar-refractivity contribution < 1.29 is 0 Å². The molecule has 0 amide bonds. The average Bonchev–Trinajstić information content (AvgIpc) is 2.47. The highest BCUT2D eigenvalue weighted by Crippen LogP contribution is 2.13. The molecule has 0 aliphatic rings. The minimum atomic E-state index is 0.712. The molecule has 0 atom stereocenters. The summed E-state index contributed by atoms with van der Waals surface area (Å²) in [5, 5.41) is 3.30. The zero-order valence-corrected chi connectivity index (χ0v) is 11.6. The van der Waals surface area contributed by atoms with Gasteiger partial charge in [-0.1, -0.05) is 19.9 Å². The lowest BCUT2D eigenvalue weighted by molar-refractivity contribution is 0.932. The molecule has 4 heteroatoms. The number of nitrogens with one attached hydrogen (secondary N) is 1. The molecule has 2 aromatic heterocycles. The summed E-state index contributed by atoms with van der Waals surface area (Å²) < 4.78 is 0. The first-order valence-electron chi connectivity index (χ1n) is 6.81. The van der Waals surface area contributed by atoms with E-state index >= 15 is 0 Å². The van der Waals surface area contributed by atoms with Crippen molar-refractivity contribution in [1.82, 2.24) is 15.0 Å². The summed E-state index contributed by atoms with van der Waals surface area (Å²) in [4.78, 5) is 13.2. The quantitative estimate of drug-likeness (QED) is 0.863. The summed E-state index contributed by atoms with van der Waals surface area (Å²) in [5.41, 5.74) is 3.23. The van der Waals surface area contributed by atoms with Crippen molar-refractivity contribution in [2.75, 3.05) is 11.9 Å².